The van der Waals surface area contributed by atoms with Gasteiger partial charge in [0.1, 0.15) is 5.92 Å². The maximum Gasteiger partial charge on any atom is 0.316 e. The van der Waals surface area contributed by atoms with Gasteiger partial charge in [-0.1, -0.05) is 29.3 Å². The van der Waals surface area contributed by atoms with Crippen LogP contribution in [0.5, 0.6) is 0 Å². The fourth-order valence-electron chi connectivity index (χ4n) is 3.16. The van der Waals surface area contributed by atoms with Gasteiger partial charge in [-0.2, -0.15) is 0 Å². The van der Waals surface area contributed by atoms with E-state index in [0.717, 1.165) is 9.87 Å². The van der Waals surface area contributed by atoms with Gasteiger partial charge in [0.15, 0.2) is 5.78 Å². The van der Waals surface area contributed by atoms with Crippen LogP contribution >= 0.6 is 11.6 Å². The van der Waals surface area contributed by atoms with Crippen LogP contribution in [0.25, 0.3) is 0 Å². The van der Waals surface area contributed by atoms with Crippen molar-refractivity contribution in [3.63, 3.8) is 0 Å². The number of benzene rings is 2. The zero-order chi connectivity index (χ0) is 20.5. The first-order chi connectivity index (χ1) is 13.3. The number of Topliss-reactive ketones (excluding diaryl/α,β-unsaturated/α-hetero) is 1. The minimum atomic E-state index is -3.95. The van der Waals surface area contributed by atoms with Gasteiger partial charge in [0.2, 0.25) is 0 Å². The van der Waals surface area contributed by atoms with Gasteiger partial charge in [-0.25, -0.2) is 8.42 Å². The van der Waals surface area contributed by atoms with E-state index in [1.54, 1.807) is 19.1 Å². The van der Waals surface area contributed by atoms with E-state index in [4.69, 9.17) is 16.3 Å². The number of rotatable bonds is 4. The largest absolute Gasteiger partial charge is 0.465 e. The van der Waals surface area contributed by atoms with Crippen molar-refractivity contribution >= 4 is 39.1 Å². The quantitative estimate of drug-likeness (QED) is 0.556. The molecule has 0 bridgehead atoms. The number of hydrogen-bond acceptors (Lipinski definition) is 5. The summed E-state index contributed by atoms with van der Waals surface area (Å²) >= 11 is 6.08. The zero-order valence-corrected chi connectivity index (χ0v) is 17.1. The lowest BCUT2D eigenvalue weighted by Gasteiger charge is -2.24. The van der Waals surface area contributed by atoms with Crippen LogP contribution in [0.3, 0.4) is 0 Å². The first kappa shape index (κ1) is 20.4. The Labute approximate surface area is 169 Å². The maximum atomic E-state index is 13.3. The van der Waals surface area contributed by atoms with E-state index in [2.05, 4.69) is 0 Å². The van der Waals surface area contributed by atoms with Crippen molar-refractivity contribution in [2.24, 2.45) is 5.92 Å². The highest BCUT2D eigenvalue weighted by atomic mass is 35.5. The summed E-state index contributed by atoms with van der Waals surface area (Å²) < 4.78 is 32.7. The number of anilines is 1. The third-order valence-electron chi connectivity index (χ3n) is 4.61. The number of aryl methyl sites for hydroxylation is 1. The minimum Gasteiger partial charge on any atom is -0.465 e. The maximum absolute atomic E-state index is 13.3. The molecule has 0 aromatic heterocycles. The molecule has 2 aromatic rings. The summed E-state index contributed by atoms with van der Waals surface area (Å²) in [5.41, 5.74) is 1.23. The summed E-state index contributed by atoms with van der Waals surface area (Å²) in [6.45, 7) is 3.61. The lowest BCUT2D eigenvalue weighted by atomic mass is 9.95. The lowest BCUT2D eigenvalue weighted by Crippen LogP contribution is -2.33. The molecule has 1 heterocycles. The molecule has 0 saturated heterocycles. The molecule has 2 aromatic carbocycles. The number of hydrogen-bond donors (Lipinski definition) is 0. The van der Waals surface area contributed by atoms with Gasteiger partial charge in [0.25, 0.3) is 10.0 Å². The second-order valence-corrected chi connectivity index (χ2v) is 8.81. The topological polar surface area (TPSA) is 80.8 Å². The molecular formula is C20H20ClNO5S. The predicted octanol–water partition coefficient (Wildman–Crippen LogP) is 3.61. The molecule has 0 amide bonds. The number of carbonyl (C=O) groups excluding carboxylic acids is 2. The van der Waals surface area contributed by atoms with Crippen LogP contribution in [-0.4, -0.2) is 33.3 Å². The average molecular weight is 422 g/mol. The molecule has 1 aliphatic heterocycles. The standard InChI is InChI=1S/C20H20ClNO5S/c1-3-27-20(24)17-10-11-22(18-12-14(21)6-9-16(18)19(17)23)28(25,26)15-7-4-13(2)5-8-15/h4-9,12,17H,3,10-11H2,1-2H3/t17-/m0/s1. The summed E-state index contributed by atoms with van der Waals surface area (Å²) in [4.78, 5) is 25.3. The fourth-order valence-corrected chi connectivity index (χ4v) is 4.82. The second-order valence-electron chi connectivity index (χ2n) is 6.51. The second kappa shape index (κ2) is 7.93. The SMILES string of the molecule is CCOC(=O)[C@H]1CCN(S(=O)(=O)c2ccc(C)cc2)c2cc(Cl)ccc2C1=O. The first-order valence-electron chi connectivity index (χ1n) is 8.85. The Hall–Kier alpha value is -2.38. The molecule has 28 heavy (non-hydrogen) atoms. The summed E-state index contributed by atoms with van der Waals surface area (Å²) in [6, 6.07) is 10.8. The number of ether oxygens (including phenoxy) is 1. The molecular weight excluding hydrogens is 402 g/mol. The van der Waals surface area contributed by atoms with Crippen LogP contribution in [0.15, 0.2) is 47.4 Å². The van der Waals surface area contributed by atoms with Gasteiger partial charge in [-0.05, 0) is 50.6 Å². The van der Waals surface area contributed by atoms with Crippen molar-refractivity contribution in [3.05, 3.63) is 58.6 Å². The first-order valence-corrected chi connectivity index (χ1v) is 10.7. The highest BCUT2D eigenvalue weighted by Gasteiger charge is 2.38. The number of carbonyl (C=O) groups is 2. The van der Waals surface area contributed by atoms with E-state index in [9.17, 15) is 18.0 Å². The Morgan fingerprint density at radius 1 is 1.21 bits per heavy atom. The molecule has 0 spiro atoms. The van der Waals surface area contributed by atoms with Crippen molar-refractivity contribution in [3.8, 4) is 0 Å². The molecule has 1 aliphatic rings. The lowest BCUT2D eigenvalue weighted by molar-refractivity contribution is -0.146. The predicted molar refractivity (Wildman–Crippen MR) is 106 cm³/mol. The number of sulfonamides is 1. The third kappa shape index (κ3) is 3.77. The van der Waals surface area contributed by atoms with E-state index in [1.807, 2.05) is 6.92 Å². The Balaban J connectivity index is 2.12. The molecule has 148 valence electrons. The van der Waals surface area contributed by atoms with E-state index in [-0.39, 0.29) is 35.7 Å². The normalized spacial score (nSPS) is 17.0. The highest BCUT2D eigenvalue weighted by molar-refractivity contribution is 7.92. The highest BCUT2D eigenvalue weighted by Crippen LogP contribution is 2.35. The monoisotopic (exact) mass is 421 g/mol. The number of esters is 1. The van der Waals surface area contributed by atoms with Crippen molar-refractivity contribution < 1.29 is 22.7 Å². The summed E-state index contributed by atoms with van der Waals surface area (Å²) in [6.07, 6.45) is 0.0229. The van der Waals surface area contributed by atoms with Crippen LogP contribution in [0.2, 0.25) is 5.02 Å². The Morgan fingerprint density at radius 2 is 1.89 bits per heavy atom. The molecule has 1 atom stereocenters. The van der Waals surface area contributed by atoms with Crippen molar-refractivity contribution in [1.82, 2.24) is 0 Å². The van der Waals surface area contributed by atoms with Gasteiger partial charge < -0.3 is 4.74 Å². The smallest absolute Gasteiger partial charge is 0.316 e. The number of ketones is 1. The van der Waals surface area contributed by atoms with Gasteiger partial charge in [0, 0.05) is 17.1 Å². The molecule has 3 rings (SSSR count). The average Bonchev–Trinajstić information content (AvgIpc) is 2.79. The van der Waals surface area contributed by atoms with Crippen LogP contribution in [-0.2, 0) is 19.6 Å². The summed E-state index contributed by atoms with van der Waals surface area (Å²) in [5, 5.41) is 0.297. The van der Waals surface area contributed by atoms with Crippen LogP contribution in [0.4, 0.5) is 5.69 Å². The molecule has 0 aliphatic carbocycles. The molecule has 0 N–H and O–H groups in total. The molecule has 6 nitrogen and oxygen atoms in total. The molecule has 8 heteroatoms. The van der Waals surface area contributed by atoms with Crippen LogP contribution in [0.1, 0.15) is 29.3 Å². The Morgan fingerprint density at radius 3 is 2.54 bits per heavy atom. The summed E-state index contributed by atoms with van der Waals surface area (Å²) in [7, 11) is -3.95. The fraction of sp³-hybridized carbons (Fsp3) is 0.300. The zero-order valence-electron chi connectivity index (χ0n) is 15.5. The number of nitrogens with zero attached hydrogens (tertiary/aromatic N) is 1. The van der Waals surface area contributed by atoms with Gasteiger partial charge in [-0.15, -0.1) is 0 Å². The third-order valence-corrected chi connectivity index (χ3v) is 6.67. The van der Waals surface area contributed by atoms with Crippen molar-refractivity contribution in [2.75, 3.05) is 17.5 Å². The molecule has 0 saturated carbocycles. The Bertz CT molecular complexity index is 1020. The van der Waals surface area contributed by atoms with E-state index in [1.165, 1.54) is 30.3 Å². The Kier molecular flexibility index (Phi) is 5.76. The van der Waals surface area contributed by atoms with Crippen molar-refractivity contribution in [2.45, 2.75) is 25.2 Å². The number of halogens is 1. The van der Waals surface area contributed by atoms with Crippen LogP contribution in [0, 0.1) is 12.8 Å². The molecule has 0 unspecified atom stereocenters. The van der Waals surface area contributed by atoms with Gasteiger partial charge >= 0.3 is 5.97 Å². The van der Waals surface area contributed by atoms with Crippen LogP contribution < -0.4 is 4.31 Å². The van der Waals surface area contributed by atoms with E-state index < -0.39 is 27.7 Å². The number of fused-ring (bicyclic) bond motifs is 1. The van der Waals surface area contributed by atoms with Gasteiger partial charge in [0.05, 0.1) is 17.2 Å². The molecule has 0 fully saturated rings. The van der Waals surface area contributed by atoms with Crippen molar-refractivity contribution in [1.29, 1.82) is 0 Å². The minimum absolute atomic E-state index is 0.0229. The van der Waals surface area contributed by atoms with E-state index in [0.29, 0.717) is 5.02 Å². The van der Waals surface area contributed by atoms with E-state index >= 15 is 0 Å². The summed E-state index contributed by atoms with van der Waals surface area (Å²) in [5.74, 6) is -2.17. The van der Waals surface area contributed by atoms with Gasteiger partial charge in [-0.3, -0.25) is 13.9 Å². The molecule has 0 radical (unpaired) electrons.